The maximum atomic E-state index is 11.4. The molecule has 1 aromatic carbocycles. The fourth-order valence-electron chi connectivity index (χ4n) is 2.30. The summed E-state index contributed by atoms with van der Waals surface area (Å²) in [6, 6.07) is 8.50. The molecular weight excluding hydrogens is 262 g/mol. The van der Waals surface area contributed by atoms with Crippen LogP contribution >= 0.6 is 12.4 Å². The van der Waals surface area contributed by atoms with Crippen LogP contribution < -0.4 is 5.32 Å². The molecule has 1 heterocycles. The highest BCUT2D eigenvalue weighted by Crippen LogP contribution is 2.36. The molecule has 0 bridgehead atoms. The smallest absolute Gasteiger partial charge is 0.407 e. The fourth-order valence-corrected chi connectivity index (χ4v) is 2.30. The minimum absolute atomic E-state index is 0. The van der Waals surface area contributed by atoms with Crippen LogP contribution in [-0.2, 0) is 4.74 Å². The molecule has 0 spiro atoms. The predicted molar refractivity (Wildman–Crippen MR) is 78.8 cm³/mol. The van der Waals surface area contributed by atoms with E-state index in [9.17, 15) is 4.79 Å². The molecule has 0 saturated carbocycles. The Kier molecular flexibility index (Phi) is 4.86. The van der Waals surface area contributed by atoms with Crippen LogP contribution in [0.25, 0.3) is 0 Å². The van der Waals surface area contributed by atoms with E-state index in [0.29, 0.717) is 12.5 Å². The number of carbonyl (C=O) groups excluding carboxylic acids is 1. The summed E-state index contributed by atoms with van der Waals surface area (Å²) in [5.74, 6) is 0.524. The SMILES string of the molecule is CC(C)c1ccc([C@H]2NC(=O)OCC2(C)C)cc1.Cl. The molecule has 1 atom stereocenters. The second-order valence-corrected chi connectivity index (χ2v) is 5.96. The van der Waals surface area contributed by atoms with E-state index in [2.05, 4.69) is 57.3 Å². The predicted octanol–water partition coefficient (Wildman–Crippen LogP) is 4.04. The van der Waals surface area contributed by atoms with Crippen LogP contribution in [-0.4, -0.2) is 12.7 Å². The molecule has 3 nitrogen and oxygen atoms in total. The number of rotatable bonds is 2. The normalized spacial score (nSPS) is 21.3. The number of cyclic esters (lactones) is 1. The molecule has 1 aliphatic rings. The van der Waals surface area contributed by atoms with Crippen LogP contribution in [0.1, 0.15) is 50.8 Å². The van der Waals surface area contributed by atoms with Crippen molar-refractivity contribution in [1.82, 2.24) is 5.32 Å². The Labute approximate surface area is 121 Å². The van der Waals surface area contributed by atoms with Crippen molar-refractivity contribution >= 4 is 18.5 Å². The summed E-state index contributed by atoms with van der Waals surface area (Å²) < 4.78 is 5.06. The number of ether oxygens (including phenoxy) is 1. The molecule has 4 heteroatoms. The van der Waals surface area contributed by atoms with Crippen molar-refractivity contribution in [3.8, 4) is 0 Å². The molecule has 0 aliphatic carbocycles. The molecule has 0 unspecified atom stereocenters. The lowest BCUT2D eigenvalue weighted by Gasteiger charge is -2.38. The van der Waals surface area contributed by atoms with E-state index in [1.165, 1.54) is 5.56 Å². The third kappa shape index (κ3) is 3.41. The Morgan fingerprint density at radius 3 is 2.37 bits per heavy atom. The van der Waals surface area contributed by atoms with Gasteiger partial charge >= 0.3 is 6.09 Å². The van der Waals surface area contributed by atoms with Gasteiger partial charge in [0.1, 0.15) is 6.61 Å². The third-order valence-corrected chi connectivity index (χ3v) is 3.56. The number of benzene rings is 1. The lowest BCUT2D eigenvalue weighted by atomic mass is 9.80. The monoisotopic (exact) mass is 283 g/mol. The van der Waals surface area contributed by atoms with Gasteiger partial charge in [-0.15, -0.1) is 12.4 Å². The first-order chi connectivity index (χ1) is 8.40. The highest BCUT2D eigenvalue weighted by Gasteiger charge is 2.37. The van der Waals surface area contributed by atoms with E-state index in [1.807, 2.05) is 0 Å². The highest BCUT2D eigenvalue weighted by molar-refractivity contribution is 5.85. The zero-order valence-electron chi connectivity index (χ0n) is 11.9. The quantitative estimate of drug-likeness (QED) is 0.889. The van der Waals surface area contributed by atoms with Gasteiger partial charge in [0.05, 0.1) is 6.04 Å². The maximum absolute atomic E-state index is 11.4. The Bertz CT molecular complexity index is 440. The Morgan fingerprint density at radius 2 is 1.84 bits per heavy atom. The first-order valence-corrected chi connectivity index (χ1v) is 6.43. The molecule has 19 heavy (non-hydrogen) atoms. The van der Waals surface area contributed by atoms with E-state index in [4.69, 9.17) is 4.74 Å². The fraction of sp³-hybridized carbons (Fsp3) is 0.533. The lowest BCUT2D eigenvalue weighted by molar-refractivity contribution is 0.0387. The summed E-state index contributed by atoms with van der Waals surface area (Å²) in [7, 11) is 0. The Balaban J connectivity index is 0.00000180. The molecule has 1 aliphatic heterocycles. The molecular formula is C15H22ClNO2. The van der Waals surface area contributed by atoms with E-state index in [0.717, 1.165) is 5.56 Å². The summed E-state index contributed by atoms with van der Waals surface area (Å²) in [6.45, 7) is 9.01. The summed E-state index contributed by atoms with van der Waals surface area (Å²) in [5, 5.41) is 2.91. The maximum Gasteiger partial charge on any atom is 0.407 e. The van der Waals surface area contributed by atoms with Gasteiger partial charge in [0, 0.05) is 5.41 Å². The van der Waals surface area contributed by atoms with Gasteiger partial charge in [-0.3, -0.25) is 0 Å². The minimum Gasteiger partial charge on any atom is -0.449 e. The van der Waals surface area contributed by atoms with Crippen LogP contribution in [0.3, 0.4) is 0 Å². The van der Waals surface area contributed by atoms with E-state index >= 15 is 0 Å². The first kappa shape index (κ1) is 15.8. The van der Waals surface area contributed by atoms with Crippen molar-refractivity contribution in [2.45, 2.75) is 39.7 Å². The van der Waals surface area contributed by atoms with Crippen LogP contribution in [0.15, 0.2) is 24.3 Å². The molecule has 0 aromatic heterocycles. The van der Waals surface area contributed by atoms with Crippen molar-refractivity contribution in [2.75, 3.05) is 6.61 Å². The Hall–Kier alpha value is -1.22. The number of halogens is 1. The van der Waals surface area contributed by atoms with E-state index in [-0.39, 0.29) is 30.0 Å². The van der Waals surface area contributed by atoms with Crippen LogP contribution in [0.2, 0.25) is 0 Å². The number of carbonyl (C=O) groups is 1. The molecule has 1 saturated heterocycles. The number of hydrogen-bond donors (Lipinski definition) is 1. The summed E-state index contributed by atoms with van der Waals surface area (Å²) in [5.41, 5.74) is 2.36. The van der Waals surface area contributed by atoms with Gasteiger partial charge < -0.3 is 10.1 Å². The van der Waals surface area contributed by atoms with E-state index in [1.54, 1.807) is 0 Å². The first-order valence-electron chi connectivity index (χ1n) is 6.43. The number of nitrogens with one attached hydrogen (secondary N) is 1. The van der Waals surface area contributed by atoms with Gasteiger partial charge in [-0.1, -0.05) is 52.0 Å². The van der Waals surface area contributed by atoms with Crippen LogP contribution in [0.4, 0.5) is 4.79 Å². The molecule has 0 radical (unpaired) electrons. The summed E-state index contributed by atoms with van der Waals surface area (Å²) in [4.78, 5) is 11.4. The summed E-state index contributed by atoms with van der Waals surface area (Å²) in [6.07, 6.45) is -0.327. The van der Waals surface area contributed by atoms with Gasteiger partial charge in [0.2, 0.25) is 0 Å². The van der Waals surface area contributed by atoms with Crippen molar-refractivity contribution < 1.29 is 9.53 Å². The molecule has 1 N–H and O–H groups in total. The van der Waals surface area contributed by atoms with Crippen LogP contribution in [0, 0.1) is 5.41 Å². The average molecular weight is 284 g/mol. The molecule has 1 aromatic rings. The molecule has 106 valence electrons. The van der Waals surface area contributed by atoms with Crippen molar-refractivity contribution in [3.63, 3.8) is 0 Å². The largest absolute Gasteiger partial charge is 0.449 e. The molecule has 1 fully saturated rings. The zero-order valence-corrected chi connectivity index (χ0v) is 12.7. The van der Waals surface area contributed by atoms with Gasteiger partial charge in [-0.2, -0.15) is 0 Å². The topological polar surface area (TPSA) is 38.3 Å². The van der Waals surface area contributed by atoms with Gasteiger partial charge in [0.15, 0.2) is 0 Å². The van der Waals surface area contributed by atoms with Gasteiger partial charge in [-0.25, -0.2) is 4.79 Å². The molecule has 1 amide bonds. The standard InChI is InChI=1S/C15H21NO2.ClH/c1-10(2)11-5-7-12(8-6-11)13-15(3,4)9-18-14(17)16-13;/h5-8,10,13H,9H2,1-4H3,(H,16,17);1H/t13-;/m1./s1. The zero-order chi connectivity index (χ0) is 13.3. The molecule has 2 rings (SSSR count). The van der Waals surface area contributed by atoms with Crippen molar-refractivity contribution in [3.05, 3.63) is 35.4 Å². The van der Waals surface area contributed by atoms with E-state index < -0.39 is 0 Å². The highest BCUT2D eigenvalue weighted by atomic mass is 35.5. The average Bonchev–Trinajstić information content (AvgIpc) is 2.32. The van der Waals surface area contributed by atoms with Crippen molar-refractivity contribution in [1.29, 1.82) is 0 Å². The van der Waals surface area contributed by atoms with Crippen LogP contribution in [0.5, 0.6) is 0 Å². The number of amides is 1. The third-order valence-electron chi connectivity index (χ3n) is 3.56. The summed E-state index contributed by atoms with van der Waals surface area (Å²) >= 11 is 0. The second-order valence-electron chi connectivity index (χ2n) is 5.96. The number of hydrogen-bond acceptors (Lipinski definition) is 2. The minimum atomic E-state index is -0.327. The van der Waals surface area contributed by atoms with Gasteiger partial charge in [-0.05, 0) is 17.0 Å². The second kappa shape index (κ2) is 5.83. The van der Waals surface area contributed by atoms with Crippen molar-refractivity contribution in [2.24, 2.45) is 5.41 Å². The Morgan fingerprint density at radius 1 is 1.26 bits per heavy atom. The number of alkyl carbamates (subject to hydrolysis) is 1. The lowest BCUT2D eigenvalue weighted by Crippen LogP contribution is -2.46. The van der Waals surface area contributed by atoms with Gasteiger partial charge in [0.25, 0.3) is 0 Å².